The summed E-state index contributed by atoms with van der Waals surface area (Å²) in [4.78, 5) is 11.5. The van der Waals surface area contributed by atoms with Crippen LogP contribution in [0.3, 0.4) is 0 Å². The van der Waals surface area contributed by atoms with Crippen molar-refractivity contribution in [2.75, 3.05) is 14.2 Å². The van der Waals surface area contributed by atoms with E-state index in [1.165, 1.54) is 18.2 Å². The Labute approximate surface area is 108 Å². The molecular formula is C15H20O3. The average molecular weight is 248 g/mol. The normalized spacial score (nSPS) is 20.3. The molecule has 0 saturated carbocycles. The molecular weight excluding hydrogens is 228 g/mol. The van der Waals surface area contributed by atoms with E-state index >= 15 is 0 Å². The average Bonchev–Trinajstić information content (AvgIpc) is 2.61. The van der Waals surface area contributed by atoms with Crippen molar-refractivity contribution in [2.24, 2.45) is 5.92 Å². The van der Waals surface area contributed by atoms with E-state index in [2.05, 4.69) is 26.0 Å². The molecule has 0 N–H and O–H groups in total. The van der Waals surface area contributed by atoms with E-state index < -0.39 is 0 Å². The number of hydrogen-bond donors (Lipinski definition) is 0. The number of rotatable bonds is 3. The Morgan fingerprint density at radius 3 is 2.72 bits per heavy atom. The second kappa shape index (κ2) is 4.63. The summed E-state index contributed by atoms with van der Waals surface area (Å²) in [6.45, 7) is 4.37. The molecule has 0 aromatic heterocycles. The quantitative estimate of drug-likeness (QED) is 0.771. The Balaban J connectivity index is 2.30. The summed E-state index contributed by atoms with van der Waals surface area (Å²) in [5.41, 5.74) is 2.59. The zero-order valence-electron chi connectivity index (χ0n) is 11.4. The van der Waals surface area contributed by atoms with E-state index in [9.17, 15) is 4.79 Å². The van der Waals surface area contributed by atoms with E-state index in [0.717, 1.165) is 12.2 Å². The number of carbonyl (C=O) groups excluding carboxylic acids is 1. The molecule has 0 radical (unpaired) electrons. The van der Waals surface area contributed by atoms with Gasteiger partial charge in [0.05, 0.1) is 14.2 Å². The lowest BCUT2D eigenvalue weighted by atomic mass is 9.77. The van der Waals surface area contributed by atoms with Gasteiger partial charge in [-0.3, -0.25) is 4.79 Å². The van der Waals surface area contributed by atoms with Gasteiger partial charge in [-0.15, -0.1) is 0 Å². The highest BCUT2D eigenvalue weighted by molar-refractivity contribution is 5.70. The maximum absolute atomic E-state index is 11.5. The second-order valence-corrected chi connectivity index (χ2v) is 5.43. The largest absolute Gasteiger partial charge is 0.497 e. The summed E-state index contributed by atoms with van der Waals surface area (Å²) in [6.07, 6.45) is 1.40. The molecule has 1 aliphatic rings. The zero-order valence-corrected chi connectivity index (χ0v) is 11.4. The van der Waals surface area contributed by atoms with Crippen LogP contribution in [-0.2, 0) is 21.4 Å². The Hall–Kier alpha value is -1.51. The molecule has 1 aromatic carbocycles. The molecule has 18 heavy (non-hydrogen) atoms. The molecule has 0 spiro atoms. The maximum Gasteiger partial charge on any atom is 0.305 e. The van der Waals surface area contributed by atoms with Crippen LogP contribution in [0.25, 0.3) is 0 Å². The standard InChI is InChI=1S/C15H20O3/c1-15(2)11(8-14(16)18-4)7-10-5-6-12(17-3)9-13(10)15/h5-6,9,11H,7-8H2,1-4H3. The predicted octanol–water partition coefficient (Wildman–Crippen LogP) is 2.71. The molecule has 1 atom stereocenters. The highest BCUT2D eigenvalue weighted by Gasteiger charge is 2.40. The van der Waals surface area contributed by atoms with Crippen molar-refractivity contribution in [1.29, 1.82) is 0 Å². The van der Waals surface area contributed by atoms with Crippen LogP contribution in [0, 0.1) is 5.92 Å². The summed E-state index contributed by atoms with van der Waals surface area (Å²) >= 11 is 0. The van der Waals surface area contributed by atoms with Crippen molar-refractivity contribution < 1.29 is 14.3 Å². The topological polar surface area (TPSA) is 35.5 Å². The molecule has 0 heterocycles. The Morgan fingerprint density at radius 2 is 2.11 bits per heavy atom. The van der Waals surface area contributed by atoms with Gasteiger partial charge in [0.1, 0.15) is 5.75 Å². The van der Waals surface area contributed by atoms with Crippen LogP contribution in [0.1, 0.15) is 31.4 Å². The highest BCUT2D eigenvalue weighted by atomic mass is 16.5. The third-order valence-corrected chi connectivity index (χ3v) is 4.14. The molecule has 3 nitrogen and oxygen atoms in total. The monoisotopic (exact) mass is 248 g/mol. The minimum atomic E-state index is -0.132. The molecule has 1 aliphatic carbocycles. The fourth-order valence-electron chi connectivity index (χ4n) is 2.81. The summed E-state index contributed by atoms with van der Waals surface area (Å²) in [5.74, 6) is 1.04. The van der Waals surface area contributed by atoms with Crippen LogP contribution in [0.15, 0.2) is 18.2 Å². The third-order valence-electron chi connectivity index (χ3n) is 4.14. The highest BCUT2D eigenvalue weighted by Crippen LogP contribution is 2.45. The van der Waals surface area contributed by atoms with Gasteiger partial charge in [-0.2, -0.15) is 0 Å². The van der Waals surface area contributed by atoms with E-state index in [4.69, 9.17) is 9.47 Å². The van der Waals surface area contributed by atoms with Crippen molar-refractivity contribution in [3.8, 4) is 5.75 Å². The van der Waals surface area contributed by atoms with Gasteiger partial charge in [-0.1, -0.05) is 19.9 Å². The number of fused-ring (bicyclic) bond motifs is 1. The second-order valence-electron chi connectivity index (χ2n) is 5.43. The summed E-state index contributed by atoms with van der Waals surface area (Å²) in [5, 5.41) is 0. The van der Waals surface area contributed by atoms with Crippen LogP contribution >= 0.6 is 0 Å². The van der Waals surface area contributed by atoms with Gasteiger partial charge >= 0.3 is 5.97 Å². The van der Waals surface area contributed by atoms with Crippen molar-refractivity contribution >= 4 is 5.97 Å². The molecule has 0 saturated heterocycles. The minimum absolute atomic E-state index is 0.0158. The first-order chi connectivity index (χ1) is 8.48. The molecule has 3 heteroatoms. The zero-order chi connectivity index (χ0) is 13.3. The Kier molecular flexibility index (Phi) is 3.33. The van der Waals surface area contributed by atoms with Gasteiger partial charge in [-0.05, 0) is 41.0 Å². The van der Waals surface area contributed by atoms with Crippen molar-refractivity contribution in [3.63, 3.8) is 0 Å². The maximum atomic E-state index is 11.5. The Morgan fingerprint density at radius 1 is 1.39 bits per heavy atom. The van der Waals surface area contributed by atoms with Crippen molar-refractivity contribution in [1.82, 2.24) is 0 Å². The van der Waals surface area contributed by atoms with Crippen LogP contribution < -0.4 is 4.74 Å². The van der Waals surface area contributed by atoms with Gasteiger partial charge in [0.25, 0.3) is 0 Å². The SMILES string of the molecule is COC(=O)CC1Cc2ccc(OC)cc2C1(C)C. The molecule has 1 unspecified atom stereocenters. The lowest BCUT2D eigenvalue weighted by molar-refractivity contribution is -0.142. The molecule has 2 rings (SSSR count). The molecule has 0 aliphatic heterocycles. The first kappa shape index (κ1) is 12.9. The number of ether oxygens (including phenoxy) is 2. The number of carbonyl (C=O) groups is 1. The van der Waals surface area contributed by atoms with Crippen molar-refractivity contribution in [3.05, 3.63) is 29.3 Å². The lowest BCUT2D eigenvalue weighted by Gasteiger charge is -2.27. The first-order valence-corrected chi connectivity index (χ1v) is 6.23. The lowest BCUT2D eigenvalue weighted by Crippen LogP contribution is -2.26. The van der Waals surface area contributed by atoms with Gasteiger partial charge in [0.2, 0.25) is 0 Å². The summed E-state index contributed by atoms with van der Waals surface area (Å²) < 4.78 is 10.1. The number of esters is 1. The van der Waals surface area contributed by atoms with Crippen LogP contribution in [0.4, 0.5) is 0 Å². The minimum Gasteiger partial charge on any atom is -0.497 e. The van der Waals surface area contributed by atoms with E-state index in [1.807, 2.05) is 6.07 Å². The fourth-order valence-corrected chi connectivity index (χ4v) is 2.81. The number of benzene rings is 1. The van der Waals surface area contributed by atoms with Crippen molar-refractivity contribution in [2.45, 2.75) is 32.1 Å². The Bertz CT molecular complexity index is 463. The molecule has 0 bridgehead atoms. The van der Waals surface area contributed by atoms with Crippen LogP contribution in [0.2, 0.25) is 0 Å². The smallest absolute Gasteiger partial charge is 0.305 e. The van der Waals surface area contributed by atoms with Crippen LogP contribution in [0.5, 0.6) is 5.75 Å². The van der Waals surface area contributed by atoms with E-state index in [1.54, 1.807) is 7.11 Å². The predicted molar refractivity (Wildman–Crippen MR) is 69.8 cm³/mol. The van der Waals surface area contributed by atoms with Gasteiger partial charge in [0.15, 0.2) is 0 Å². The first-order valence-electron chi connectivity index (χ1n) is 6.23. The van der Waals surface area contributed by atoms with E-state index in [0.29, 0.717) is 12.3 Å². The third kappa shape index (κ3) is 2.09. The molecule has 98 valence electrons. The molecule has 1 aromatic rings. The van der Waals surface area contributed by atoms with Gasteiger partial charge < -0.3 is 9.47 Å². The van der Waals surface area contributed by atoms with E-state index in [-0.39, 0.29) is 11.4 Å². The fraction of sp³-hybridized carbons (Fsp3) is 0.533. The number of methoxy groups -OCH3 is 2. The van der Waals surface area contributed by atoms with Gasteiger partial charge in [-0.25, -0.2) is 0 Å². The number of hydrogen-bond acceptors (Lipinski definition) is 3. The van der Waals surface area contributed by atoms with Gasteiger partial charge in [0, 0.05) is 6.42 Å². The molecule has 0 fully saturated rings. The van der Waals surface area contributed by atoms with Crippen LogP contribution in [-0.4, -0.2) is 20.2 Å². The summed E-state index contributed by atoms with van der Waals surface area (Å²) in [6, 6.07) is 6.18. The molecule has 0 amide bonds. The summed E-state index contributed by atoms with van der Waals surface area (Å²) in [7, 11) is 3.12.